The summed E-state index contributed by atoms with van der Waals surface area (Å²) in [5.41, 5.74) is 5.87. The molecule has 0 fully saturated rings. The quantitative estimate of drug-likeness (QED) is 0.679. The molecule has 1 N–H and O–H groups in total. The molecule has 0 saturated heterocycles. The zero-order valence-corrected chi connectivity index (χ0v) is 16.9. The van der Waals surface area contributed by atoms with Crippen molar-refractivity contribution in [1.29, 1.82) is 0 Å². The summed E-state index contributed by atoms with van der Waals surface area (Å²) < 4.78 is 4.97. The SMILES string of the molecule is COCC(=O)N1CCc2ccc(NC(=O)Cc3ccc(-c4ccccc4)cc3)cc21. The van der Waals surface area contributed by atoms with Crippen LogP contribution >= 0.6 is 0 Å². The Morgan fingerprint density at radius 3 is 2.43 bits per heavy atom. The topological polar surface area (TPSA) is 58.6 Å². The van der Waals surface area contributed by atoms with Crippen molar-refractivity contribution in [3.05, 3.63) is 83.9 Å². The molecule has 0 aliphatic carbocycles. The van der Waals surface area contributed by atoms with Crippen molar-refractivity contribution in [2.45, 2.75) is 12.8 Å². The van der Waals surface area contributed by atoms with E-state index in [2.05, 4.69) is 17.4 Å². The summed E-state index contributed by atoms with van der Waals surface area (Å²) in [7, 11) is 1.51. The van der Waals surface area contributed by atoms with E-state index in [1.807, 2.05) is 60.7 Å². The number of anilines is 2. The minimum absolute atomic E-state index is 0.0506. The first-order valence-electron chi connectivity index (χ1n) is 10.0. The van der Waals surface area contributed by atoms with Gasteiger partial charge in [0, 0.05) is 25.0 Å². The maximum atomic E-state index is 12.5. The predicted molar refractivity (Wildman–Crippen MR) is 119 cm³/mol. The Morgan fingerprint density at radius 2 is 1.70 bits per heavy atom. The van der Waals surface area contributed by atoms with Crippen LogP contribution in [0.15, 0.2) is 72.8 Å². The van der Waals surface area contributed by atoms with E-state index in [0.29, 0.717) is 18.7 Å². The molecule has 3 aromatic rings. The van der Waals surface area contributed by atoms with E-state index in [0.717, 1.165) is 34.4 Å². The number of rotatable bonds is 6. The third kappa shape index (κ3) is 4.42. The summed E-state index contributed by atoms with van der Waals surface area (Å²) in [5.74, 6) is -0.159. The molecule has 0 unspecified atom stereocenters. The van der Waals surface area contributed by atoms with Gasteiger partial charge in [-0.1, -0.05) is 60.7 Å². The van der Waals surface area contributed by atoms with Crippen LogP contribution in [0.25, 0.3) is 11.1 Å². The highest BCUT2D eigenvalue weighted by Gasteiger charge is 2.24. The zero-order chi connectivity index (χ0) is 20.9. The van der Waals surface area contributed by atoms with Gasteiger partial charge in [0.25, 0.3) is 5.91 Å². The van der Waals surface area contributed by atoms with Gasteiger partial charge in [-0.3, -0.25) is 9.59 Å². The standard InChI is InChI=1S/C25H24N2O3/c1-30-17-25(29)27-14-13-21-11-12-22(16-23(21)27)26-24(28)15-18-7-9-20(10-8-18)19-5-3-2-4-6-19/h2-12,16H,13-15,17H2,1H3,(H,26,28). The molecule has 152 valence electrons. The smallest absolute Gasteiger partial charge is 0.252 e. The number of ether oxygens (including phenoxy) is 1. The molecule has 5 heteroatoms. The van der Waals surface area contributed by atoms with E-state index < -0.39 is 0 Å². The molecular weight excluding hydrogens is 376 g/mol. The molecular formula is C25H24N2O3. The number of hydrogen-bond donors (Lipinski definition) is 1. The second kappa shape index (κ2) is 8.93. The van der Waals surface area contributed by atoms with Gasteiger partial charge in [-0.15, -0.1) is 0 Å². The van der Waals surface area contributed by atoms with Gasteiger partial charge >= 0.3 is 0 Å². The Hall–Kier alpha value is -3.44. The summed E-state index contributed by atoms with van der Waals surface area (Å²) in [4.78, 5) is 26.5. The fourth-order valence-electron chi connectivity index (χ4n) is 3.75. The summed E-state index contributed by atoms with van der Waals surface area (Å²) in [5, 5.41) is 2.95. The molecule has 3 aromatic carbocycles. The van der Waals surface area contributed by atoms with Gasteiger partial charge in [0.15, 0.2) is 0 Å². The fraction of sp³-hybridized carbons (Fsp3) is 0.200. The van der Waals surface area contributed by atoms with Crippen LogP contribution in [-0.2, 0) is 27.2 Å². The first-order valence-corrected chi connectivity index (χ1v) is 10.0. The lowest BCUT2D eigenvalue weighted by atomic mass is 10.0. The molecule has 1 aliphatic heterocycles. The number of methoxy groups -OCH3 is 1. The largest absolute Gasteiger partial charge is 0.375 e. The van der Waals surface area contributed by atoms with E-state index >= 15 is 0 Å². The summed E-state index contributed by atoms with van der Waals surface area (Å²) >= 11 is 0. The van der Waals surface area contributed by atoms with Gasteiger partial charge in [0.1, 0.15) is 6.61 Å². The maximum absolute atomic E-state index is 12.5. The lowest BCUT2D eigenvalue weighted by Crippen LogP contribution is -2.32. The lowest BCUT2D eigenvalue weighted by molar-refractivity contribution is -0.122. The zero-order valence-electron chi connectivity index (χ0n) is 16.9. The first kappa shape index (κ1) is 19.9. The van der Waals surface area contributed by atoms with Crippen molar-refractivity contribution < 1.29 is 14.3 Å². The average molecular weight is 400 g/mol. The molecule has 1 heterocycles. The van der Waals surface area contributed by atoms with Crippen LogP contribution in [0.1, 0.15) is 11.1 Å². The number of amides is 2. The van der Waals surface area contributed by atoms with Gasteiger partial charge in [-0.2, -0.15) is 0 Å². The molecule has 0 atom stereocenters. The normalized spacial score (nSPS) is 12.5. The van der Waals surface area contributed by atoms with Gasteiger partial charge < -0.3 is 15.0 Å². The highest BCUT2D eigenvalue weighted by Crippen LogP contribution is 2.31. The Labute approximate surface area is 176 Å². The monoisotopic (exact) mass is 400 g/mol. The highest BCUT2D eigenvalue weighted by molar-refractivity contribution is 5.98. The first-order chi connectivity index (χ1) is 14.6. The van der Waals surface area contributed by atoms with E-state index in [4.69, 9.17) is 4.74 Å². The number of nitrogens with zero attached hydrogens (tertiary/aromatic N) is 1. The number of hydrogen-bond acceptors (Lipinski definition) is 3. The Bertz CT molecular complexity index is 1050. The molecule has 1 aliphatic rings. The van der Waals surface area contributed by atoms with Crippen molar-refractivity contribution >= 4 is 23.2 Å². The summed E-state index contributed by atoms with van der Waals surface area (Å²) in [6, 6.07) is 23.9. The third-order valence-electron chi connectivity index (χ3n) is 5.26. The molecule has 4 rings (SSSR count). The number of carbonyl (C=O) groups excluding carboxylic acids is 2. The number of fused-ring (bicyclic) bond motifs is 1. The number of nitrogens with one attached hydrogen (secondary N) is 1. The van der Waals surface area contributed by atoms with E-state index in [-0.39, 0.29) is 18.4 Å². The molecule has 2 amide bonds. The van der Waals surface area contributed by atoms with E-state index in [1.54, 1.807) is 4.90 Å². The van der Waals surface area contributed by atoms with Crippen LogP contribution < -0.4 is 10.2 Å². The Balaban J connectivity index is 1.41. The molecule has 0 bridgehead atoms. The van der Waals surface area contributed by atoms with Crippen LogP contribution in [0.3, 0.4) is 0 Å². The van der Waals surface area contributed by atoms with Gasteiger partial charge in [0.05, 0.1) is 6.42 Å². The average Bonchev–Trinajstić information content (AvgIpc) is 3.18. The minimum Gasteiger partial charge on any atom is -0.375 e. The third-order valence-corrected chi connectivity index (χ3v) is 5.26. The Morgan fingerprint density at radius 1 is 0.967 bits per heavy atom. The van der Waals surface area contributed by atoms with Crippen molar-refractivity contribution in [2.24, 2.45) is 0 Å². The second-order valence-corrected chi connectivity index (χ2v) is 7.36. The van der Waals surface area contributed by atoms with Crippen LogP contribution in [0.5, 0.6) is 0 Å². The van der Waals surface area contributed by atoms with Gasteiger partial charge in [0.2, 0.25) is 5.91 Å². The molecule has 5 nitrogen and oxygen atoms in total. The lowest BCUT2D eigenvalue weighted by Gasteiger charge is -2.17. The van der Waals surface area contributed by atoms with Crippen LogP contribution in [0.2, 0.25) is 0 Å². The molecule has 0 aromatic heterocycles. The second-order valence-electron chi connectivity index (χ2n) is 7.36. The molecule has 0 spiro atoms. The minimum atomic E-state index is -0.0878. The van der Waals surface area contributed by atoms with Crippen LogP contribution in [-0.4, -0.2) is 32.1 Å². The van der Waals surface area contributed by atoms with Crippen LogP contribution in [0, 0.1) is 0 Å². The van der Waals surface area contributed by atoms with Crippen molar-refractivity contribution in [1.82, 2.24) is 0 Å². The maximum Gasteiger partial charge on any atom is 0.252 e. The van der Waals surface area contributed by atoms with E-state index in [1.165, 1.54) is 7.11 Å². The fourth-order valence-corrected chi connectivity index (χ4v) is 3.75. The number of benzene rings is 3. The van der Waals surface area contributed by atoms with E-state index in [9.17, 15) is 9.59 Å². The van der Waals surface area contributed by atoms with Crippen molar-refractivity contribution in [3.63, 3.8) is 0 Å². The van der Waals surface area contributed by atoms with Gasteiger partial charge in [-0.05, 0) is 40.8 Å². The van der Waals surface area contributed by atoms with Crippen molar-refractivity contribution in [3.8, 4) is 11.1 Å². The molecule has 0 radical (unpaired) electrons. The Kier molecular flexibility index (Phi) is 5.91. The summed E-state index contributed by atoms with van der Waals surface area (Å²) in [6.07, 6.45) is 1.10. The van der Waals surface area contributed by atoms with Crippen molar-refractivity contribution in [2.75, 3.05) is 30.5 Å². The predicted octanol–water partition coefficient (Wildman–Crippen LogP) is 4.07. The molecule has 30 heavy (non-hydrogen) atoms. The highest BCUT2D eigenvalue weighted by atomic mass is 16.5. The number of carbonyl (C=O) groups is 2. The molecule has 0 saturated carbocycles. The summed E-state index contributed by atoms with van der Waals surface area (Å²) in [6.45, 7) is 0.692. The van der Waals surface area contributed by atoms with Crippen LogP contribution in [0.4, 0.5) is 11.4 Å². The van der Waals surface area contributed by atoms with Gasteiger partial charge in [-0.25, -0.2) is 0 Å².